The Morgan fingerprint density at radius 2 is 1.74 bits per heavy atom. The number of hydrogen-bond donors (Lipinski definition) is 0. The van der Waals surface area contributed by atoms with E-state index >= 15 is 0 Å². The predicted octanol–water partition coefficient (Wildman–Crippen LogP) is 8.88. The Balaban J connectivity index is 1.32. The van der Waals surface area contributed by atoms with Crippen LogP contribution < -0.4 is 0 Å². The largest absolute Gasteiger partial charge is 0.458 e. The zero-order valence-electron chi connectivity index (χ0n) is 24.9. The van der Waals surface area contributed by atoms with Crippen LogP contribution in [0.2, 0.25) is 0 Å². The highest BCUT2D eigenvalue weighted by Crippen LogP contribution is 2.67. The van der Waals surface area contributed by atoms with Crippen LogP contribution in [0.3, 0.4) is 0 Å². The van der Waals surface area contributed by atoms with Gasteiger partial charge in [0.1, 0.15) is 6.10 Å². The topological polar surface area (TPSA) is 35.5 Å². The zero-order valence-corrected chi connectivity index (χ0v) is 24.9. The van der Waals surface area contributed by atoms with Crippen LogP contribution in [0, 0.1) is 46.3 Å². The maximum atomic E-state index is 12.8. The highest BCUT2D eigenvalue weighted by Gasteiger charge is 2.61. The van der Waals surface area contributed by atoms with Crippen molar-refractivity contribution in [3.8, 4) is 0 Å². The summed E-state index contributed by atoms with van der Waals surface area (Å²) in [7, 11) is 1.92. The average Bonchev–Trinajstić information content (AvgIpc) is 3.26. The normalized spacial score (nSPS) is 39.1. The van der Waals surface area contributed by atoms with Crippen molar-refractivity contribution in [2.45, 2.75) is 111 Å². The Hall–Kier alpha value is -1.61. The second-order valence-electron chi connectivity index (χ2n) is 14.3. The molecule has 1 aromatic carbocycles. The van der Waals surface area contributed by atoms with Crippen LogP contribution in [-0.2, 0) is 9.47 Å². The summed E-state index contributed by atoms with van der Waals surface area (Å²) in [5.74, 6) is 4.34. The molecule has 3 fully saturated rings. The molecule has 3 heteroatoms. The molecule has 0 spiro atoms. The molecule has 3 nitrogen and oxygen atoms in total. The third-order valence-corrected chi connectivity index (χ3v) is 11.8. The van der Waals surface area contributed by atoms with Gasteiger partial charge in [-0.15, -0.1) is 0 Å². The van der Waals surface area contributed by atoms with E-state index in [0.29, 0.717) is 22.8 Å². The first kappa shape index (κ1) is 27.9. The standard InChI is InChI=1S/C35H52O3/c1-23(2)11-10-12-24(3)28-15-16-29-32-30(18-20-35(28,29)5)34(4)19-17-27(21-26(34)22-31(32)37-6)38-33(36)25-13-8-7-9-14-25/h7-9,13-14,22-24,27-32H,10-12,15-21H2,1-6H3/t24-,27+,28-,29+,30+,31-,32+,34+,35-/m1/s1. The number of methoxy groups -OCH3 is 1. The molecule has 4 aliphatic rings. The van der Waals surface area contributed by atoms with Gasteiger partial charge < -0.3 is 9.47 Å². The number of ether oxygens (including phenoxy) is 2. The first-order valence-electron chi connectivity index (χ1n) is 15.7. The molecule has 210 valence electrons. The van der Waals surface area contributed by atoms with Crippen molar-refractivity contribution in [1.29, 1.82) is 0 Å². The van der Waals surface area contributed by atoms with E-state index in [-0.39, 0.29) is 23.6 Å². The molecule has 3 saturated carbocycles. The van der Waals surface area contributed by atoms with Gasteiger partial charge in [0.05, 0.1) is 11.7 Å². The van der Waals surface area contributed by atoms with Crippen LogP contribution in [-0.4, -0.2) is 25.3 Å². The van der Waals surface area contributed by atoms with Crippen molar-refractivity contribution in [3.63, 3.8) is 0 Å². The van der Waals surface area contributed by atoms with Crippen LogP contribution >= 0.6 is 0 Å². The van der Waals surface area contributed by atoms with E-state index in [9.17, 15) is 4.79 Å². The molecule has 0 heterocycles. The van der Waals surface area contributed by atoms with Crippen LogP contribution in [0.4, 0.5) is 0 Å². The van der Waals surface area contributed by atoms with Crippen molar-refractivity contribution >= 4 is 5.97 Å². The lowest BCUT2D eigenvalue weighted by atomic mass is 9.46. The fourth-order valence-electron chi connectivity index (χ4n) is 9.73. The summed E-state index contributed by atoms with van der Waals surface area (Å²) in [6.45, 7) is 12.4. The Morgan fingerprint density at radius 3 is 2.45 bits per heavy atom. The van der Waals surface area contributed by atoms with Crippen molar-refractivity contribution in [3.05, 3.63) is 47.5 Å². The van der Waals surface area contributed by atoms with Crippen molar-refractivity contribution in [1.82, 2.24) is 0 Å². The van der Waals surface area contributed by atoms with Gasteiger partial charge in [-0.1, -0.05) is 83.7 Å². The van der Waals surface area contributed by atoms with Gasteiger partial charge in [0.25, 0.3) is 0 Å². The third-order valence-electron chi connectivity index (χ3n) is 11.8. The fourth-order valence-corrected chi connectivity index (χ4v) is 9.73. The van der Waals surface area contributed by atoms with Gasteiger partial charge >= 0.3 is 5.97 Å². The fraction of sp³-hybridized carbons (Fsp3) is 0.743. The van der Waals surface area contributed by atoms with E-state index in [1.54, 1.807) is 0 Å². The van der Waals surface area contributed by atoms with Gasteiger partial charge in [-0.05, 0) is 97.0 Å². The number of hydrogen-bond acceptors (Lipinski definition) is 3. The molecule has 0 unspecified atom stereocenters. The lowest BCUT2D eigenvalue weighted by Crippen LogP contribution is -2.55. The molecule has 0 aliphatic heterocycles. The van der Waals surface area contributed by atoms with E-state index < -0.39 is 0 Å². The van der Waals surface area contributed by atoms with E-state index in [0.717, 1.165) is 42.9 Å². The van der Waals surface area contributed by atoms with Crippen LogP contribution in [0.1, 0.15) is 109 Å². The van der Waals surface area contributed by atoms with E-state index in [2.05, 4.69) is 40.7 Å². The molecule has 0 radical (unpaired) electrons. The Morgan fingerprint density at radius 1 is 0.974 bits per heavy atom. The molecule has 0 saturated heterocycles. The average molecular weight is 521 g/mol. The van der Waals surface area contributed by atoms with Crippen molar-refractivity contribution in [2.75, 3.05) is 7.11 Å². The quantitative estimate of drug-likeness (QED) is 0.254. The number of carbonyl (C=O) groups excluding carboxylic acids is 1. The number of fused-ring (bicyclic) bond motifs is 5. The van der Waals surface area contributed by atoms with E-state index in [1.165, 1.54) is 50.5 Å². The van der Waals surface area contributed by atoms with Gasteiger partial charge in [-0.3, -0.25) is 0 Å². The number of esters is 1. The second-order valence-corrected chi connectivity index (χ2v) is 14.3. The molecule has 38 heavy (non-hydrogen) atoms. The third kappa shape index (κ3) is 5.02. The highest BCUT2D eigenvalue weighted by atomic mass is 16.5. The number of benzene rings is 1. The molecule has 9 atom stereocenters. The van der Waals surface area contributed by atoms with Gasteiger partial charge in [0, 0.05) is 13.5 Å². The van der Waals surface area contributed by atoms with E-state index in [1.807, 2.05) is 37.4 Å². The summed E-state index contributed by atoms with van der Waals surface area (Å²) in [5.41, 5.74) is 2.79. The van der Waals surface area contributed by atoms with Crippen LogP contribution in [0.5, 0.6) is 0 Å². The smallest absolute Gasteiger partial charge is 0.338 e. The molecule has 1 aromatic rings. The molecule has 5 rings (SSSR count). The molecule has 0 amide bonds. The first-order valence-corrected chi connectivity index (χ1v) is 15.7. The van der Waals surface area contributed by atoms with Gasteiger partial charge in [0.15, 0.2) is 0 Å². The molecule has 0 bridgehead atoms. The summed E-state index contributed by atoms with van der Waals surface area (Å²) in [6.07, 6.45) is 15.1. The summed E-state index contributed by atoms with van der Waals surface area (Å²) >= 11 is 0. The van der Waals surface area contributed by atoms with Gasteiger partial charge in [-0.2, -0.15) is 0 Å². The molecule has 0 N–H and O–H groups in total. The number of carbonyl (C=O) groups is 1. The summed E-state index contributed by atoms with van der Waals surface area (Å²) in [4.78, 5) is 12.8. The van der Waals surface area contributed by atoms with Crippen LogP contribution in [0.15, 0.2) is 42.0 Å². The maximum absolute atomic E-state index is 12.8. The lowest BCUT2D eigenvalue weighted by Gasteiger charge is -2.60. The Bertz CT molecular complexity index is 998. The number of rotatable bonds is 8. The molecular formula is C35H52O3. The van der Waals surface area contributed by atoms with Crippen molar-refractivity contribution < 1.29 is 14.3 Å². The lowest BCUT2D eigenvalue weighted by molar-refractivity contribution is -0.106. The van der Waals surface area contributed by atoms with Crippen molar-refractivity contribution in [2.24, 2.45) is 46.3 Å². The minimum Gasteiger partial charge on any atom is -0.458 e. The summed E-state index contributed by atoms with van der Waals surface area (Å²) in [5, 5.41) is 0. The molecular weight excluding hydrogens is 468 g/mol. The predicted molar refractivity (Wildman–Crippen MR) is 155 cm³/mol. The Kier molecular flexibility index (Phi) is 8.17. The van der Waals surface area contributed by atoms with Crippen LogP contribution in [0.25, 0.3) is 0 Å². The highest BCUT2D eigenvalue weighted by molar-refractivity contribution is 5.89. The summed E-state index contributed by atoms with van der Waals surface area (Å²) < 4.78 is 12.3. The summed E-state index contributed by atoms with van der Waals surface area (Å²) in [6, 6.07) is 9.43. The first-order chi connectivity index (χ1) is 18.2. The van der Waals surface area contributed by atoms with E-state index in [4.69, 9.17) is 9.47 Å². The maximum Gasteiger partial charge on any atom is 0.338 e. The monoisotopic (exact) mass is 520 g/mol. The van der Waals surface area contributed by atoms with Gasteiger partial charge in [0.2, 0.25) is 0 Å². The second kappa shape index (κ2) is 11.1. The minimum atomic E-state index is -0.190. The Labute approximate surface area is 232 Å². The van der Waals surface area contributed by atoms with Gasteiger partial charge in [-0.25, -0.2) is 4.79 Å². The minimum absolute atomic E-state index is 0.0347. The molecule has 4 aliphatic carbocycles. The SMILES string of the molecule is CO[C@@H]1C=C2C[C@@H](OC(=O)c3ccccc3)CC[C@]2(C)[C@H]2CC[C@]3(C)[C@@H]([C@H](C)CCCC(C)C)CC[C@H]3[C@H]12. The molecule has 0 aromatic heterocycles. The zero-order chi connectivity index (χ0) is 27.1.